The van der Waals surface area contributed by atoms with E-state index in [-0.39, 0.29) is 22.7 Å². The molecule has 2 aromatic rings. The number of piperazine rings is 1. The summed E-state index contributed by atoms with van der Waals surface area (Å²) in [5.41, 5.74) is 4.19. The Morgan fingerprint density at radius 2 is 2.08 bits per heavy atom. The molecule has 3 N–H and O–H groups in total. The molecule has 132 valence electrons. The number of nitrogens with one attached hydrogen (secondary N) is 2. The second-order valence-corrected chi connectivity index (χ2v) is 9.51. The highest BCUT2D eigenvalue weighted by Crippen LogP contribution is 2.59. The third-order valence-electron chi connectivity index (χ3n) is 8.12. The first-order valence-corrected chi connectivity index (χ1v) is 9.77. The van der Waals surface area contributed by atoms with E-state index in [0.29, 0.717) is 5.92 Å². The lowest BCUT2D eigenvalue weighted by atomic mass is 9.51. The number of H-pyrrole nitrogens is 1. The highest BCUT2D eigenvalue weighted by atomic mass is 16.3. The molecule has 4 aliphatic heterocycles. The maximum Gasteiger partial charge on any atom is 0.123 e. The fourth-order valence-corrected chi connectivity index (χ4v) is 7.00. The number of aromatic amines is 1. The highest BCUT2D eigenvalue weighted by molar-refractivity contribution is 5.85. The van der Waals surface area contributed by atoms with Crippen LogP contribution in [0.4, 0.5) is 0 Å². The quantitative estimate of drug-likeness (QED) is 0.692. The Morgan fingerprint density at radius 1 is 1.24 bits per heavy atom. The lowest BCUT2D eigenvalue weighted by molar-refractivity contribution is -0.179. The zero-order chi connectivity index (χ0) is 17.0. The first-order valence-electron chi connectivity index (χ1n) is 9.77. The fourth-order valence-electron chi connectivity index (χ4n) is 7.00. The van der Waals surface area contributed by atoms with Crippen LogP contribution in [0, 0.1) is 5.92 Å². The minimum atomic E-state index is -0.387. The topological polar surface area (TPSA) is 51.3 Å². The molecule has 4 heteroatoms. The molecule has 5 heterocycles. The Morgan fingerprint density at radius 3 is 2.96 bits per heavy atom. The highest BCUT2D eigenvalue weighted by Gasteiger charge is 2.67. The van der Waals surface area contributed by atoms with Gasteiger partial charge in [0.15, 0.2) is 0 Å². The van der Waals surface area contributed by atoms with Crippen LogP contribution in [-0.2, 0) is 11.8 Å². The number of benzene rings is 1. The molecule has 7 rings (SSSR count). The first-order chi connectivity index (χ1) is 12.0. The monoisotopic (exact) mass is 337 g/mol. The number of nitrogens with zero attached hydrogens (tertiary/aromatic N) is 1. The third kappa shape index (κ3) is 1.56. The maximum atomic E-state index is 11.0. The number of fused-ring (bicyclic) bond motifs is 4. The first kappa shape index (κ1) is 14.8. The van der Waals surface area contributed by atoms with Crippen molar-refractivity contribution in [2.75, 3.05) is 13.1 Å². The van der Waals surface area contributed by atoms with Crippen LogP contribution in [-0.4, -0.2) is 45.4 Å². The van der Waals surface area contributed by atoms with Gasteiger partial charge in [-0.25, -0.2) is 0 Å². The van der Waals surface area contributed by atoms with Gasteiger partial charge in [-0.2, -0.15) is 0 Å². The molecule has 1 aliphatic carbocycles. The summed E-state index contributed by atoms with van der Waals surface area (Å²) in [6, 6.07) is 8.70. The molecule has 25 heavy (non-hydrogen) atoms. The van der Waals surface area contributed by atoms with Crippen molar-refractivity contribution in [3.8, 4) is 0 Å². The molecule has 4 nitrogen and oxygen atoms in total. The number of para-hydroxylation sites is 1. The van der Waals surface area contributed by atoms with Gasteiger partial charge in [0.1, 0.15) is 6.23 Å². The second kappa shape index (κ2) is 4.30. The summed E-state index contributed by atoms with van der Waals surface area (Å²) in [7, 11) is 0. The van der Waals surface area contributed by atoms with Gasteiger partial charge in [0, 0.05) is 34.1 Å². The Bertz CT molecular complexity index is 886. The average Bonchev–Trinajstić information content (AvgIpc) is 3.16. The van der Waals surface area contributed by atoms with Crippen molar-refractivity contribution in [3.05, 3.63) is 35.5 Å². The number of rotatable bonds is 0. The maximum absolute atomic E-state index is 11.0. The largest absolute Gasteiger partial charge is 0.377 e. The molecule has 0 amide bonds. The summed E-state index contributed by atoms with van der Waals surface area (Å²) >= 11 is 0. The van der Waals surface area contributed by atoms with E-state index in [2.05, 4.69) is 53.3 Å². The van der Waals surface area contributed by atoms with Crippen LogP contribution in [0.3, 0.4) is 0 Å². The molecule has 0 radical (unpaired) electrons. The number of aliphatic hydroxyl groups excluding tert-OH is 1. The van der Waals surface area contributed by atoms with Crippen molar-refractivity contribution < 1.29 is 5.11 Å². The summed E-state index contributed by atoms with van der Waals surface area (Å²) in [5, 5.41) is 16.1. The predicted molar refractivity (Wildman–Crippen MR) is 98.5 cm³/mol. The molecule has 3 unspecified atom stereocenters. The number of hydrogen-bond acceptors (Lipinski definition) is 3. The minimum Gasteiger partial charge on any atom is -0.377 e. The van der Waals surface area contributed by atoms with E-state index in [1.807, 2.05) is 0 Å². The van der Waals surface area contributed by atoms with Crippen molar-refractivity contribution in [1.29, 1.82) is 0 Å². The van der Waals surface area contributed by atoms with Crippen molar-refractivity contribution in [2.24, 2.45) is 5.92 Å². The average molecular weight is 337 g/mol. The van der Waals surface area contributed by atoms with Gasteiger partial charge in [0.2, 0.25) is 0 Å². The predicted octanol–water partition coefficient (Wildman–Crippen LogP) is 2.52. The minimum absolute atomic E-state index is 0.00697. The fraction of sp³-hybridized carbons (Fsp3) is 0.619. The number of hydrogen-bond donors (Lipinski definition) is 3. The summed E-state index contributed by atoms with van der Waals surface area (Å²) < 4.78 is 0. The van der Waals surface area contributed by atoms with Gasteiger partial charge in [0.05, 0.1) is 5.54 Å². The van der Waals surface area contributed by atoms with Crippen LogP contribution in [0.15, 0.2) is 24.3 Å². The van der Waals surface area contributed by atoms with E-state index in [1.165, 1.54) is 28.6 Å². The Kier molecular flexibility index (Phi) is 2.54. The normalized spacial score (nSPS) is 41.6. The van der Waals surface area contributed by atoms with Gasteiger partial charge in [-0.1, -0.05) is 32.0 Å². The smallest absolute Gasteiger partial charge is 0.123 e. The van der Waals surface area contributed by atoms with E-state index in [4.69, 9.17) is 0 Å². The lowest BCUT2D eigenvalue weighted by Crippen LogP contribution is -2.83. The van der Waals surface area contributed by atoms with Crippen LogP contribution in [0.5, 0.6) is 0 Å². The summed E-state index contributed by atoms with van der Waals surface area (Å²) in [4.78, 5) is 6.37. The van der Waals surface area contributed by atoms with Gasteiger partial charge < -0.3 is 10.1 Å². The summed E-state index contributed by atoms with van der Waals surface area (Å²) in [6.45, 7) is 7.06. The molecule has 4 fully saturated rings. The van der Waals surface area contributed by atoms with Gasteiger partial charge in [-0.05, 0) is 49.8 Å². The molecule has 2 bridgehead atoms. The number of aliphatic hydroxyl groups is 1. The van der Waals surface area contributed by atoms with E-state index >= 15 is 0 Å². The van der Waals surface area contributed by atoms with Gasteiger partial charge >= 0.3 is 0 Å². The molecule has 1 aromatic heterocycles. The molecule has 0 saturated carbocycles. The van der Waals surface area contributed by atoms with Crippen molar-refractivity contribution in [3.63, 3.8) is 0 Å². The molecular weight excluding hydrogens is 310 g/mol. The van der Waals surface area contributed by atoms with Gasteiger partial charge in [-0.15, -0.1) is 0 Å². The zero-order valence-electron chi connectivity index (χ0n) is 15.1. The van der Waals surface area contributed by atoms with Crippen LogP contribution >= 0.6 is 0 Å². The van der Waals surface area contributed by atoms with Crippen LogP contribution in [0.25, 0.3) is 10.9 Å². The standard InChI is InChI=1S/C21H27N3O/c1-19(2)16-11-21-8-5-9-24(21)12-20(16,23-18(21)25)10-14-13-6-3-4-7-15(13)22-17(14)19/h3-4,6-7,16,18,22-23,25H,5,8-12H2,1-2H3/t16?,18?,20-,21?/m1/s1. The van der Waals surface area contributed by atoms with E-state index in [9.17, 15) is 5.11 Å². The Hall–Kier alpha value is -1.36. The lowest BCUT2D eigenvalue weighted by Gasteiger charge is -2.68. The molecule has 2 spiro atoms. The van der Waals surface area contributed by atoms with Crippen LogP contribution in [0.1, 0.15) is 44.4 Å². The molecule has 1 aromatic carbocycles. The molecule has 4 atom stereocenters. The SMILES string of the molecule is CC1(C)c2[nH]c3ccccc3c2C[C@@]23CN4CCCC4(CC12)C(O)N3. The summed E-state index contributed by atoms with van der Waals surface area (Å²) in [6.07, 6.45) is 4.09. The third-order valence-corrected chi connectivity index (χ3v) is 8.12. The molecular formula is C21H27N3O. The Labute approximate surface area is 148 Å². The van der Waals surface area contributed by atoms with Crippen molar-refractivity contribution in [2.45, 2.75) is 62.3 Å². The van der Waals surface area contributed by atoms with Crippen molar-refractivity contribution in [1.82, 2.24) is 15.2 Å². The van der Waals surface area contributed by atoms with Crippen molar-refractivity contribution >= 4 is 10.9 Å². The molecule has 5 aliphatic rings. The van der Waals surface area contributed by atoms with Gasteiger partial charge in [0.25, 0.3) is 0 Å². The Balaban J connectivity index is 1.59. The molecule has 4 saturated heterocycles. The van der Waals surface area contributed by atoms with E-state index in [0.717, 1.165) is 32.4 Å². The second-order valence-electron chi connectivity index (χ2n) is 9.51. The summed E-state index contributed by atoms with van der Waals surface area (Å²) in [5.74, 6) is 0.554. The van der Waals surface area contributed by atoms with Gasteiger partial charge in [-0.3, -0.25) is 10.2 Å². The zero-order valence-corrected chi connectivity index (χ0v) is 15.1. The van der Waals surface area contributed by atoms with E-state index in [1.54, 1.807) is 0 Å². The van der Waals surface area contributed by atoms with Crippen LogP contribution in [0.2, 0.25) is 0 Å². The number of aromatic nitrogens is 1. The number of piperidine rings is 2. The van der Waals surface area contributed by atoms with Crippen LogP contribution < -0.4 is 5.32 Å². The van der Waals surface area contributed by atoms with E-state index < -0.39 is 0 Å².